The van der Waals surface area contributed by atoms with Crippen LogP contribution in [0.3, 0.4) is 0 Å². The van der Waals surface area contributed by atoms with Gasteiger partial charge in [0.05, 0.1) is 23.4 Å². The van der Waals surface area contributed by atoms with Crippen LogP contribution in [-0.4, -0.2) is 39.4 Å². The highest BCUT2D eigenvalue weighted by atomic mass is 16.6. The Morgan fingerprint density at radius 2 is 2.00 bits per heavy atom. The molecule has 146 valence electrons. The number of nitrogens with two attached hydrogens (primary N) is 1. The van der Waals surface area contributed by atoms with Crippen molar-refractivity contribution in [1.29, 1.82) is 0 Å². The molecule has 8 nitrogen and oxygen atoms in total. The molecule has 0 amide bonds. The van der Waals surface area contributed by atoms with Crippen LogP contribution in [0.5, 0.6) is 5.75 Å². The quantitative estimate of drug-likeness (QED) is 0.536. The average Bonchev–Trinajstić information content (AvgIpc) is 3.06. The molecule has 1 fully saturated rings. The van der Waals surface area contributed by atoms with Crippen LogP contribution in [-0.2, 0) is 6.54 Å². The van der Waals surface area contributed by atoms with Crippen LogP contribution < -0.4 is 10.5 Å². The Hall–Kier alpha value is -3.13. The molecule has 2 aromatic heterocycles. The Morgan fingerprint density at radius 3 is 2.71 bits per heavy atom. The van der Waals surface area contributed by atoms with Crippen molar-refractivity contribution in [2.45, 2.75) is 25.8 Å². The number of aromatic nitrogens is 2. The van der Waals surface area contributed by atoms with E-state index in [0.29, 0.717) is 11.3 Å². The number of piperidine rings is 1. The number of anilines is 1. The van der Waals surface area contributed by atoms with Crippen LogP contribution in [0.25, 0.3) is 16.9 Å². The van der Waals surface area contributed by atoms with Crippen molar-refractivity contribution in [1.82, 2.24) is 14.3 Å². The monoisotopic (exact) mass is 381 g/mol. The Kier molecular flexibility index (Phi) is 4.87. The molecule has 1 aliphatic rings. The molecule has 28 heavy (non-hydrogen) atoms. The van der Waals surface area contributed by atoms with Crippen molar-refractivity contribution in [2.75, 3.05) is 25.9 Å². The minimum atomic E-state index is -0.430. The number of methoxy groups -OCH3 is 1. The van der Waals surface area contributed by atoms with Gasteiger partial charge in [-0.05, 0) is 50.2 Å². The number of nitrogen functional groups attached to an aromatic ring is 1. The molecule has 1 aromatic carbocycles. The normalized spacial score (nSPS) is 15.0. The van der Waals surface area contributed by atoms with Crippen LogP contribution >= 0.6 is 0 Å². The lowest BCUT2D eigenvalue weighted by Gasteiger charge is -2.26. The van der Waals surface area contributed by atoms with Crippen molar-refractivity contribution in [3.05, 3.63) is 52.3 Å². The van der Waals surface area contributed by atoms with Gasteiger partial charge in [-0.25, -0.2) is 4.98 Å². The molecule has 3 aromatic rings. The smallest absolute Gasteiger partial charge is 0.311 e. The van der Waals surface area contributed by atoms with E-state index in [1.165, 1.54) is 32.4 Å². The van der Waals surface area contributed by atoms with E-state index in [9.17, 15) is 10.1 Å². The number of fused-ring (bicyclic) bond motifs is 1. The lowest BCUT2D eigenvalue weighted by Crippen LogP contribution is -2.29. The van der Waals surface area contributed by atoms with Gasteiger partial charge in [-0.15, -0.1) is 0 Å². The summed E-state index contributed by atoms with van der Waals surface area (Å²) in [5.74, 6) is 0.235. The van der Waals surface area contributed by atoms with E-state index in [1.54, 1.807) is 6.07 Å². The highest BCUT2D eigenvalue weighted by molar-refractivity contribution is 5.71. The van der Waals surface area contributed by atoms with Crippen LogP contribution in [0.2, 0.25) is 0 Å². The number of rotatable bonds is 5. The maximum atomic E-state index is 11.5. The second kappa shape index (κ2) is 7.47. The van der Waals surface area contributed by atoms with Crippen LogP contribution in [0.15, 0.2) is 36.5 Å². The molecule has 0 radical (unpaired) electrons. The zero-order valence-electron chi connectivity index (χ0n) is 15.8. The first-order valence-electron chi connectivity index (χ1n) is 9.38. The summed E-state index contributed by atoms with van der Waals surface area (Å²) in [6.45, 7) is 2.80. The molecule has 2 N–H and O–H groups in total. The van der Waals surface area contributed by atoms with E-state index in [2.05, 4.69) is 4.90 Å². The Morgan fingerprint density at radius 1 is 1.21 bits per heavy atom. The Balaban J connectivity index is 1.85. The molecule has 0 unspecified atom stereocenters. The maximum Gasteiger partial charge on any atom is 0.311 e. The van der Waals surface area contributed by atoms with Crippen molar-refractivity contribution >= 4 is 17.0 Å². The fourth-order valence-electron chi connectivity index (χ4n) is 3.80. The third kappa shape index (κ3) is 3.38. The number of nitro benzene ring substituents is 1. The summed E-state index contributed by atoms with van der Waals surface area (Å²) in [7, 11) is 1.43. The summed E-state index contributed by atoms with van der Waals surface area (Å²) in [5.41, 5.74) is 9.78. The van der Waals surface area contributed by atoms with Gasteiger partial charge in [-0.2, -0.15) is 0 Å². The lowest BCUT2D eigenvalue weighted by molar-refractivity contribution is -0.385. The molecule has 8 heteroatoms. The summed E-state index contributed by atoms with van der Waals surface area (Å²) in [5, 5.41) is 11.5. The molecular formula is C20H23N5O3. The van der Waals surface area contributed by atoms with Gasteiger partial charge >= 0.3 is 5.69 Å². The predicted octanol–water partition coefficient (Wildman–Crippen LogP) is 3.49. The van der Waals surface area contributed by atoms with Crippen LogP contribution in [0, 0.1) is 10.1 Å². The summed E-state index contributed by atoms with van der Waals surface area (Å²) in [6.07, 6.45) is 5.49. The van der Waals surface area contributed by atoms with Crippen molar-refractivity contribution in [3.63, 3.8) is 0 Å². The molecule has 0 saturated carbocycles. The zero-order chi connectivity index (χ0) is 19.7. The van der Waals surface area contributed by atoms with E-state index in [-0.39, 0.29) is 11.4 Å². The first kappa shape index (κ1) is 18.2. The minimum absolute atomic E-state index is 0.0690. The van der Waals surface area contributed by atoms with E-state index < -0.39 is 4.92 Å². The van der Waals surface area contributed by atoms with E-state index in [1.807, 2.05) is 28.8 Å². The maximum absolute atomic E-state index is 11.5. The number of nitrogens with zero attached hydrogens (tertiary/aromatic N) is 4. The molecule has 4 rings (SSSR count). The van der Waals surface area contributed by atoms with Crippen molar-refractivity contribution < 1.29 is 9.66 Å². The number of pyridine rings is 1. The highest BCUT2D eigenvalue weighted by Gasteiger charge is 2.22. The SMILES string of the molecule is COc1ccc(-c2nc3ccc(N)cn3c2CN2CCCCC2)cc1[N+](=O)[O-]. The third-order valence-corrected chi connectivity index (χ3v) is 5.21. The fourth-order valence-corrected chi connectivity index (χ4v) is 3.80. The van der Waals surface area contributed by atoms with Gasteiger partial charge in [-0.1, -0.05) is 6.42 Å². The molecule has 1 aliphatic heterocycles. The highest BCUT2D eigenvalue weighted by Crippen LogP contribution is 2.34. The van der Waals surface area contributed by atoms with Gasteiger partial charge in [0.1, 0.15) is 5.65 Å². The molecule has 0 spiro atoms. The van der Waals surface area contributed by atoms with Gasteiger partial charge in [0.25, 0.3) is 0 Å². The summed E-state index contributed by atoms with van der Waals surface area (Å²) in [4.78, 5) is 18.2. The van der Waals surface area contributed by atoms with E-state index >= 15 is 0 Å². The number of hydrogen-bond donors (Lipinski definition) is 1. The number of ether oxygens (including phenoxy) is 1. The van der Waals surface area contributed by atoms with Gasteiger partial charge < -0.3 is 14.9 Å². The average molecular weight is 381 g/mol. The van der Waals surface area contributed by atoms with Gasteiger partial charge in [0.15, 0.2) is 5.75 Å². The van der Waals surface area contributed by atoms with Crippen molar-refractivity contribution in [2.24, 2.45) is 0 Å². The number of hydrogen-bond acceptors (Lipinski definition) is 6. The molecule has 0 aliphatic carbocycles. The minimum Gasteiger partial charge on any atom is -0.490 e. The fraction of sp³-hybridized carbons (Fsp3) is 0.350. The molecule has 3 heterocycles. The summed E-state index contributed by atoms with van der Waals surface area (Å²) in [6, 6.07) is 8.65. The molecule has 1 saturated heterocycles. The number of nitro groups is 1. The molecule has 0 bridgehead atoms. The van der Waals surface area contributed by atoms with Crippen LogP contribution in [0.4, 0.5) is 11.4 Å². The Labute approximate surface area is 162 Å². The topological polar surface area (TPSA) is 98.9 Å². The second-order valence-electron chi connectivity index (χ2n) is 7.08. The summed E-state index contributed by atoms with van der Waals surface area (Å²) < 4.78 is 7.13. The molecule has 0 atom stereocenters. The number of likely N-dealkylation sites (tertiary alicyclic amines) is 1. The van der Waals surface area contributed by atoms with Crippen molar-refractivity contribution in [3.8, 4) is 17.0 Å². The number of benzene rings is 1. The first-order chi connectivity index (χ1) is 13.6. The van der Waals surface area contributed by atoms with E-state index in [0.717, 1.165) is 36.7 Å². The second-order valence-corrected chi connectivity index (χ2v) is 7.08. The van der Waals surface area contributed by atoms with E-state index in [4.69, 9.17) is 15.5 Å². The predicted molar refractivity (Wildman–Crippen MR) is 107 cm³/mol. The Bertz CT molecular complexity index is 1020. The largest absolute Gasteiger partial charge is 0.490 e. The van der Waals surface area contributed by atoms with Crippen LogP contribution in [0.1, 0.15) is 25.0 Å². The van der Waals surface area contributed by atoms with Gasteiger partial charge in [-0.3, -0.25) is 15.0 Å². The standard InChI is InChI=1S/C20H23N5O3/c1-28-18-7-5-14(11-16(18)25(26)27)20-17(13-23-9-3-2-4-10-23)24-12-15(21)6-8-19(24)22-20/h5-8,11-12H,2-4,9-10,13,21H2,1H3. The van der Waals surface area contributed by atoms with Gasteiger partial charge in [0, 0.05) is 30.1 Å². The summed E-state index contributed by atoms with van der Waals surface area (Å²) >= 11 is 0. The molecular weight excluding hydrogens is 358 g/mol. The first-order valence-corrected chi connectivity index (χ1v) is 9.38. The number of imidazole rings is 1. The zero-order valence-corrected chi connectivity index (χ0v) is 15.8. The lowest BCUT2D eigenvalue weighted by atomic mass is 10.1. The van der Waals surface area contributed by atoms with Gasteiger partial charge in [0.2, 0.25) is 0 Å². The third-order valence-electron chi connectivity index (χ3n) is 5.21.